The maximum atomic E-state index is 10.3. The van der Waals surface area contributed by atoms with Crippen LogP contribution >= 0.6 is 0 Å². The summed E-state index contributed by atoms with van der Waals surface area (Å²) in [6, 6.07) is 9.74. The number of aryl methyl sites for hydroxylation is 2. The Balaban J connectivity index is 0.000000280. The molecule has 2 aromatic rings. The van der Waals surface area contributed by atoms with E-state index >= 15 is 0 Å². The summed E-state index contributed by atoms with van der Waals surface area (Å²) < 4.78 is 9.72. The molecule has 0 aliphatic heterocycles. The predicted octanol–water partition coefficient (Wildman–Crippen LogP) is 2.84. The molecule has 0 fully saturated rings. The molecule has 0 heterocycles. The van der Waals surface area contributed by atoms with Gasteiger partial charge in [0.05, 0.1) is 14.2 Å². The number of aliphatic carboxylic acids is 2. The summed E-state index contributed by atoms with van der Waals surface area (Å²) in [6.07, 6.45) is 0.942. The fourth-order valence-corrected chi connectivity index (χ4v) is 2.28. The van der Waals surface area contributed by atoms with E-state index < -0.39 is 11.9 Å². The largest absolute Gasteiger partial charge is 0.504 e. The maximum absolute atomic E-state index is 10.3. The first-order chi connectivity index (χ1) is 13.3. The fourth-order valence-electron chi connectivity index (χ4n) is 2.28. The molecule has 0 amide bonds. The van der Waals surface area contributed by atoms with Crippen LogP contribution in [-0.2, 0) is 22.4 Å². The molecule has 0 bridgehead atoms. The average molecular weight is 392 g/mol. The van der Waals surface area contributed by atoms with Gasteiger partial charge in [0.25, 0.3) is 0 Å². The number of aromatic hydroxyl groups is 2. The van der Waals surface area contributed by atoms with Crippen molar-refractivity contribution in [2.24, 2.45) is 0 Å². The standard InChI is InChI=1S/2C10H12O4/c2*1-14-9-4-2-7(6-8(9)11)3-5-10(12)13/h2*2,4,6,11H,3,5H2,1H3,(H,12,13). The SMILES string of the molecule is COc1ccc(CCC(=O)O)cc1O.COc1ccc(CCC(=O)O)cc1O. The Morgan fingerprint density at radius 3 is 1.36 bits per heavy atom. The first-order valence-electron chi connectivity index (χ1n) is 8.42. The number of methoxy groups -OCH3 is 2. The number of benzene rings is 2. The molecule has 2 aromatic carbocycles. The molecule has 0 radical (unpaired) electrons. The minimum Gasteiger partial charge on any atom is -0.504 e. The molecule has 152 valence electrons. The molecule has 0 aliphatic rings. The number of phenolic OH excluding ortho intramolecular Hbond substituents is 2. The van der Waals surface area contributed by atoms with Crippen molar-refractivity contribution in [1.29, 1.82) is 0 Å². The normalized spacial score (nSPS) is 9.79. The Kier molecular flexibility index (Phi) is 9.15. The topological polar surface area (TPSA) is 134 Å². The van der Waals surface area contributed by atoms with Gasteiger partial charge >= 0.3 is 11.9 Å². The monoisotopic (exact) mass is 392 g/mol. The van der Waals surface area contributed by atoms with E-state index in [2.05, 4.69) is 0 Å². The van der Waals surface area contributed by atoms with Crippen molar-refractivity contribution in [3.8, 4) is 23.0 Å². The lowest BCUT2D eigenvalue weighted by atomic mass is 10.1. The Hall–Kier alpha value is -3.42. The van der Waals surface area contributed by atoms with E-state index in [0.29, 0.717) is 24.3 Å². The highest BCUT2D eigenvalue weighted by molar-refractivity contribution is 5.67. The van der Waals surface area contributed by atoms with Crippen molar-refractivity contribution >= 4 is 11.9 Å². The zero-order valence-corrected chi connectivity index (χ0v) is 15.7. The quantitative estimate of drug-likeness (QED) is 0.539. The van der Waals surface area contributed by atoms with Crippen LogP contribution in [0.1, 0.15) is 24.0 Å². The van der Waals surface area contributed by atoms with E-state index in [1.54, 1.807) is 24.3 Å². The van der Waals surface area contributed by atoms with Gasteiger partial charge in [-0.25, -0.2) is 0 Å². The first kappa shape index (κ1) is 22.6. The zero-order chi connectivity index (χ0) is 21.1. The molecular formula is C20H24O8. The summed E-state index contributed by atoms with van der Waals surface area (Å²) >= 11 is 0. The van der Waals surface area contributed by atoms with Crippen LogP contribution in [0, 0.1) is 0 Å². The molecule has 4 N–H and O–H groups in total. The number of hydrogen-bond donors (Lipinski definition) is 4. The molecule has 28 heavy (non-hydrogen) atoms. The maximum Gasteiger partial charge on any atom is 0.303 e. The molecule has 0 saturated heterocycles. The van der Waals surface area contributed by atoms with Gasteiger partial charge < -0.3 is 29.9 Å². The van der Waals surface area contributed by atoms with Crippen LogP contribution in [-0.4, -0.2) is 46.6 Å². The van der Waals surface area contributed by atoms with Crippen LogP contribution < -0.4 is 9.47 Å². The minimum atomic E-state index is -0.847. The number of carbonyl (C=O) groups is 2. The summed E-state index contributed by atoms with van der Waals surface area (Å²) in [5.74, 6) is -0.834. The van der Waals surface area contributed by atoms with Crippen molar-refractivity contribution in [2.75, 3.05) is 14.2 Å². The van der Waals surface area contributed by atoms with Crippen molar-refractivity contribution in [3.05, 3.63) is 47.5 Å². The second-order valence-corrected chi connectivity index (χ2v) is 5.80. The highest BCUT2D eigenvalue weighted by atomic mass is 16.5. The van der Waals surface area contributed by atoms with Gasteiger partial charge in [0.15, 0.2) is 23.0 Å². The van der Waals surface area contributed by atoms with Gasteiger partial charge in [0.2, 0.25) is 0 Å². The summed E-state index contributed by atoms with van der Waals surface area (Å²) in [7, 11) is 2.93. The van der Waals surface area contributed by atoms with Gasteiger partial charge in [-0.2, -0.15) is 0 Å². The van der Waals surface area contributed by atoms with Crippen molar-refractivity contribution < 1.29 is 39.5 Å². The molecule has 0 aliphatic carbocycles. The molecule has 0 spiro atoms. The van der Waals surface area contributed by atoms with Gasteiger partial charge in [-0.3, -0.25) is 9.59 Å². The number of ether oxygens (including phenoxy) is 2. The first-order valence-corrected chi connectivity index (χ1v) is 8.42. The van der Waals surface area contributed by atoms with E-state index in [4.69, 9.17) is 19.7 Å². The Bertz CT molecular complexity index is 733. The lowest BCUT2D eigenvalue weighted by molar-refractivity contribution is -0.138. The molecule has 0 aromatic heterocycles. The molecule has 8 nitrogen and oxygen atoms in total. The van der Waals surface area contributed by atoms with Gasteiger partial charge in [-0.15, -0.1) is 0 Å². The molecule has 0 unspecified atom stereocenters. The van der Waals surface area contributed by atoms with E-state index in [1.165, 1.54) is 26.4 Å². The van der Waals surface area contributed by atoms with E-state index in [0.717, 1.165) is 11.1 Å². The molecule has 8 heteroatoms. The molecule has 0 atom stereocenters. The lowest BCUT2D eigenvalue weighted by Gasteiger charge is -2.04. The van der Waals surface area contributed by atoms with Crippen LogP contribution in [0.15, 0.2) is 36.4 Å². The zero-order valence-electron chi connectivity index (χ0n) is 15.7. The summed E-state index contributed by atoms with van der Waals surface area (Å²) in [4.78, 5) is 20.6. The third-order valence-electron chi connectivity index (χ3n) is 3.74. The Labute approximate surface area is 162 Å². The van der Waals surface area contributed by atoms with Crippen molar-refractivity contribution in [1.82, 2.24) is 0 Å². The highest BCUT2D eigenvalue weighted by Gasteiger charge is 2.05. The Morgan fingerprint density at radius 2 is 1.11 bits per heavy atom. The average Bonchev–Trinajstić information content (AvgIpc) is 2.65. The van der Waals surface area contributed by atoms with Gasteiger partial charge in [-0.1, -0.05) is 12.1 Å². The van der Waals surface area contributed by atoms with Crippen LogP contribution in [0.25, 0.3) is 0 Å². The summed E-state index contributed by atoms with van der Waals surface area (Å²) in [6.45, 7) is 0. The summed E-state index contributed by atoms with van der Waals surface area (Å²) in [5.41, 5.74) is 1.57. The summed E-state index contributed by atoms with van der Waals surface area (Å²) in [5, 5.41) is 35.7. The van der Waals surface area contributed by atoms with E-state index in [1.807, 2.05) is 0 Å². The molecule has 0 saturated carbocycles. The number of carboxylic acids is 2. The number of hydrogen-bond acceptors (Lipinski definition) is 6. The van der Waals surface area contributed by atoms with Crippen molar-refractivity contribution in [2.45, 2.75) is 25.7 Å². The number of phenols is 2. The fraction of sp³-hybridized carbons (Fsp3) is 0.300. The number of carboxylic acid groups (broad SMARTS) is 2. The third-order valence-corrected chi connectivity index (χ3v) is 3.74. The van der Waals surface area contributed by atoms with Gasteiger partial charge in [-0.05, 0) is 48.2 Å². The van der Waals surface area contributed by atoms with Gasteiger partial charge in [0.1, 0.15) is 0 Å². The predicted molar refractivity (Wildman–Crippen MR) is 101 cm³/mol. The van der Waals surface area contributed by atoms with Crippen LogP contribution in [0.4, 0.5) is 0 Å². The molecular weight excluding hydrogens is 368 g/mol. The smallest absolute Gasteiger partial charge is 0.303 e. The third kappa shape index (κ3) is 7.86. The second kappa shape index (κ2) is 11.3. The van der Waals surface area contributed by atoms with E-state index in [9.17, 15) is 19.8 Å². The second-order valence-electron chi connectivity index (χ2n) is 5.80. The van der Waals surface area contributed by atoms with Crippen LogP contribution in [0.5, 0.6) is 23.0 Å². The molecule has 2 rings (SSSR count). The van der Waals surface area contributed by atoms with Crippen LogP contribution in [0.3, 0.4) is 0 Å². The highest BCUT2D eigenvalue weighted by Crippen LogP contribution is 2.27. The van der Waals surface area contributed by atoms with Gasteiger partial charge in [0, 0.05) is 12.8 Å². The minimum absolute atomic E-state index is 0.0374. The van der Waals surface area contributed by atoms with Crippen LogP contribution in [0.2, 0.25) is 0 Å². The Morgan fingerprint density at radius 1 is 0.750 bits per heavy atom. The lowest BCUT2D eigenvalue weighted by Crippen LogP contribution is -1.97. The van der Waals surface area contributed by atoms with E-state index in [-0.39, 0.29) is 24.3 Å². The van der Waals surface area contributed by atoms with Crippen molar-refractivity contribution in [3.63, 3.8) is 0 Å². The number of rotatable bonds is 8.